The molecule has 10 nitrogen and oxygen atoms in total. The number of aryl methyl sites for hydroxylation is 1. The Morgan fingerprint density at radius 2 is 2.03 bits per heavy atom. The average Bonchev–Trinajstić information content (AvgIpc) is 3.31. The number of halogens is 1. The van der Waals surface area contributed by atoms with Crippen LogP contribution in [-0.4, -0.2) is 25.2 Å². The summed E-state index contributed by atoms with van der Waals surface area (Å²) in [5.74, 6) is -2.88. The molecule has 0 saturated carbocycles. The third kappa shape index (κ3) is 4.19. The van der Waals surface area contributed by atoms with Crippen molar-refractivity contribution >= 4 is 34.5 Å². The number of hydrogen-bond donors (Lipinski definition) is 0. The second-order valence-corrected chi connectivity index (χ2v) is 8.96. The Morgan fingerprint density at radius 1 is 1.29 bits per heavy atom. The number of nitrogens with zero attached hydrogens (tertiary/aromatic N) is 3. The van der Waals surface area contributed by atoms with Crippen LogP contribution in [0, 0.1) is 22.9 Å². The third-order valence-electron chi connectivity index (χ3n) is 5.22. The van der Waals surface area contributed by atoms with Gasteiger partial charge < -0.3 is 13.6 Å². The number of esters is 1. The Hall–Kier alpha value is -3.93. The van der Waals surface area contributed by atoms with Gasteiger partial charge in [0.1, 0.15) is 4.75 Å². The fourth-order valence-corrected chi connectivity index (χ4v) is 4.28. The summed E-state index contributed by atoms with van der Waals surface area (Å²) in [6.45, 7) is 4.79. The molecule has 1 unspecified atom stereocenters. The molecule has 2 aromatic heterocycles. The number of hydrogen-bond acceptors (Lipinski definition) is 9. The monoisotopic (exact) mass is 487 g/mol. The number of benzene rings is 2. The van der Waals surface area contributed by atoms with Gasteiger partial charge in [-0.25, -0.2) is 14.2 Å². The largest absolute Gasteiger partial charge is 0.521 e. The maximum atomic E-state index is 15.0. The van der Waals surface area contributed by atoms with E-state index in [0.717, 1.165) is 17.8 Å². The zero-order chi connectivity index (χ0) is 24.6. The molecule has 0 amide bonds. The van der Waals surface area contributed by atoms with Crippen molar-refractivity contribution in [2.75, 3.05) is 0 Å². The van der Waals surface area contributed by atoms with Crippen LogP contribution in [0.25, 0.3) is 16.7 Å². The van der Waals surface area contributed by atoms with Gasteiger partial charge in [-0.05, 0) is 31.5 Å². The van der Waals surface area contributed by atoms with E-state index in [1.54, 1.807) is 38.1 Å². The van der Waals surface area contributed by atoms with E-state index in [4.69, 9.17) is 13.6 Å². The highest BCUT2D eigenvalue weighted by atomic mass is 32.2. The van der Waals surface area contributed by atoms with Gasteiger partial charge in [0.15, 0.2) is 16.7 Å². The predicted molar refractivity (Wildman–Crippen MR) is 120 cm³/mol. The highest BCUT2D eigenvalue weighted by Crippen LogP contribution is 2.40. The third-order valence-corrected chi connectivity index (χ3v) is 6.58. The molecule has 0 radical (unpaired) electrons. The van der Waals surface area contributed by atoms with Crippen LogP contribution in [0.1, 0.15) is 26.0 Å². The minimum Gasteiger partial charge on any atom is -0.392 e. The fourth-order valence-electron chi connectivity index (χ4n) is 3.18. The summed E-state index contributed by atoms with van der Waals surface area (Å²) in [6.07, 6.45) is 0.281. The first-order valence-corrected chi connectivity index (χ1v) is 10.9. The number of fused-ring (bicyclic) bond motifs is 1. The molecule has 0 aliphatic heterocycles. The minimum absolute atomic E-state index is 0.0157. The number of nitro groups is 1. The van der Waals surface area contributed by atoms with Crippen LogP contribution in [-0.2, 0) is 4.79 Å². The topological polar surface area (TPSA) is 131 Å². The van der Waals surface area contributed by atoms with Gasteiger partial charge in [-0.1, -0.05) is 30.8 Å². The van der Waals surface area contributed by atoms with Gasteiger partial charge in [0.05, 0.1) is 27.7 Å². The molecule has 12 heteroatoms. The van der Waals surface area contributed by atoms with Gasteiger partial charge in [-0.15, -0.1) is 0 Å². The van der Waals surface area contributed by atoms with Crippen molar-refractivity contribution in [3.63, 3.8) is 0 Å². The average molecular weight is 487 g/mol. The molecule has 0 spiro atoms. The van der Waals surface area contributed by atoms with E-state index in [1.807, 2.05) is 0 Å². The normalized spacial score (nSPS) is 13.1. The number of rotatable bonds is 7. The Bertz CT molecular complexity index is 1470. The number of carbonyl (C=O) groups excluding carboxylic acids is 1. The molecule has 4 aromatic rings. The minimum atomic E-state index is -1.22. The van der Waals surface area contributed by atoms with Crippen LogP contribution in [0.2, 0.25) is 0 Å². The van der Waals surface area contributed by atoms with Crippen molar-refractivity contribution in [3.05, 3.63) is 74.8 Å². The van der Waals surface area contributed by atoms with Crippen LogP contribution in [0.3, 0.4) is 0 Å². The predicted octanol–water partition coefficient (Wildman–Crippen LogP) is 4.79. The summed E-state index contributed by atoms with van der Waals surface area (Å²) in [4.78, 5) is 39.2. The molecule has 0 N–H and O–H groups in total. The van der Waals surface area contributed by atoms with Crippen LogP contribution in [0.4, 0.5) is 10.1 Å². The van der Waals surface area contributed by atoms with Crippen LogP contribution >= 0.6 is 11.8 Å². The number of nitro benzene ring substituents is 1. The summed E-state index contributed by atoms with van der Waals surface area (Å²) in [6, 6.07) is 10.3. The molecule has 34 heavy (non-hydrogen) atoms. The maximum absolute atomic E-state index is 15.0. The molecule has 0 fully saturated rings. The highest BCUT2D eigenvalue weighted by Gasteiger charge is 2.38. The quantitative estimate of drug-likeness (QED) is 0.156. The molecule has 0 aliphatic rings. The Balaban J connectivity index is 1.78. The molecule has 1 atom stereocenters. The van der Waals surface area contributed by atoms with E-state index < -0.39 is 27.3 Å². The van der Waals surface area contributed by atoms with Crippen LogP contribution < -0.4 is 10.6 Å². The number of ether oxygens (including phenoxy) is 1. The zero-order valence-corrected chi connectivity index (χ0v) is 19.1. The van der Waals surface area contributed by atoms with E-state index in [0.29, 0.717) is 11.0 Å². The molecule has 2 aromatic carbocycles. The van der Waals surface area contributed by atoms with Crippen molar-refractivity contribution in [1.82, 2.24) is 9.55 Å². The Labute approximate surface area is 195 Å². The summed E-state index contributed by atoms with van der Waals surface area (Å²) >= 11 is 1.02. The number of thioether (sulfide) groups is 1. The first-order chi connectivity index (χ1) is 16.1. The lowest BCUT2D eigenvalue weighted by molar-refractivity contribution is -0.385. The standard InChI is InChI=1S/C22H18FN3O7S/c1-4-22(3,19(27)32-18-12(2)31-21(28)33-18)34-20-24-15-7-5-6-8-17(15)25(20)16-10-9-13(26(29)30)11-14(16)23/h5-11H,4H2,1-3H3. The summed E-state index contributed by atoms with van der Waals surface area (Å²) in [5, 5.41) is 11.3. The lowest BCUT2D eigenvalue weighted by Crippen LogP contribution is -2.35. The molecule has 0 saturated heterocycles. The number of aromatic nitrogens is 2. The number of carbonyl (C=O) groups is 1. The first-order valence-electron chi connectivity index (χ1n) is 10.1. The second kappa shape index (κ2) is 8.78. The SMILES string of the molecule is CCC(C)(Sc1nc2ccccc2n1-c1ccc([N+](=O)[O-])cc1F)C(=O)Oc1oc(=O)oc1C. The molecule has 0 bridgehead atoms. The van der Waals surface area contributed by atoms with Gasteiger partial charge in [0.25, 0.3) is 5.69 Å². The smallest absolute Gasteiger partial charge is 0.392 e. The summed E-state index contributed by atoms with van der Waals surface area (Å²) in [7, 11) is 0. The van der Waals surface area contributed by atoms with Gasteiger partial charge in [-0.2, -0.15) is 0 Å². The van der Waals surface area contributed by atoms with Crippen LogP contribution in [0.15, 0.2) is 61.2 Å². The summed E-state index contributed by atoms with van der Waals surface area (Å²) in [5.41, 5.74) is 0.719. The van der Waals surface area contributed by atoms with Gasteiger partial charge in [0, 0.05) is 13.0 Å². The molecular formula is C22H18FN3O7S. The van der Waals surface area contributed by atoms with Crippen LogP contribution in [0.5, 0.6) is 5.95 Å². The van der Waals surface area contributed by atoms with Crippen molar-refractivity contribution in [2.24, 2.45) is 0 Å². The van der Waals surface area contributed by atoms with Gasteiger partial charge in [0.2, 0.25) is 0 Å². The molecule has 4 rings (SSSR count). The molecule has 176 valence electrons. The maximum Gasteiger partial charge on any atom is 0.521 e. The van der Waals surface area contributed by atoms with E-state index in [2.05, 4.69) is 4.98 Å². The van der Waals surface area contributed by atoms with Crippen molar-refractivity contribution in [2.45, 2.75) is 37.1 Å². The highest BCUT2D eigenvalue weighted by molar-refractivity contribution is 8.01. The lowest BCUT2D eigenvalue weighted by atomic mass is 10.1. The van der Waals surface area contributed by atoms with Gasteiger partial charge >= 0.3 is 17.7 Å². The second-order valence-electron chi connectivity index (χ2n) is 7.49. The van der Waals surface area contributed by atoms with E-state index in [9.17, 15) is 24.1 Å². The Morgan fingerprint density at radius 3 is 2.65 bits per heavy atom. The Kier molecular flexibility index (Phi) is 6.00. The van der Waals surface area contributed by atoms with E-state index >= 15 is 0 Å². The first kappa shape index (κ1) is 23.2. The van der Waals surface area contributed by atoms with Gasteiger partial charge in [-0.3, -0.25) is 19.5 Å². The molecular weight excluding hydrogens is 469 g/mol. The number of non-ortho nitro benzene ring substituents is 1. The van der Waals surface area contributed by atoms with E-state index in [-0.39, 0.29) is 34.7 Å². The number of para-hydroxylation sites is 2. The lowest BCUT2D eigenvalue weighted by Gasteiger charge is -2.24. The van der Waals surface area contributed by atoms with Crippen molar-refractivity contribution in [1.29, 1.82) is 0 Å². The fraction of sp³-hybridized carbons (Fsp3) is 0.227. The molecule has 2 heterocycles. The number of imidazole rings is 1. The zero-order valence-electron chi connectivity index (χ0n) is 18.2. The molecule has 0 aliphatic carbocycles. The van der Waals surface area contributed by atoms with E-state index in [1.165, 1.54) is 23.6 Å². The van der Waals surface area contributed by atoms with Crippen molar-refractivity contribution in [3.8, 4) is 11.6 Å². The van der Waals surface area contributed by atoms with Crippen molar-refractivity contribution < 1.29 is 27.7 Å². The summed E-state index contributed by atoms with van der Waals surface area (Å²) < 4.78 is 30.0.